The summed E-state index contributed by atoms with van der Waals surface area (Å²) >= 11 is 0. The van der Waals surface area contributed by atoms with E-state index in [-0.39, 0.29) is 11.2 Å². The van der Waals surface area contributed by atoms with Gasteiger partial charge < -0.3 is 9.47 Å². The van der Waals surface area contributed by atoms with Crippen molar-refractivity contribution < 1.29 is 14.3 Å². The molecule has 2 aromatic carbocycles. The second-order valence-electron chi connectivity index (χ2n) is 7.27. The van der Waals surface area contributed by atoms with Gasteiger partial charge in [0.05, 0.1) is 26.4 Å². The summed E-state index contributed by atoms with van der Waals surface area (Å²) in [5, 5.41) is 0. The summed E-state index contributed by atoms with van der Waals surface area (Å²) in [4.78, 5) is 12.2. The van der Waals surface area contributed by atoms with Crippen molar-refractivity contribution in [1.82, 2.24) is 0 Å². The van der Waals surface area contributed by atoms with E-state index in [0.717, 1.165) is 23.1 Å². The standard InChI is InChI=1S/C23H26O3/c1-19-12-22(24)14-23(13-19,17-25-15-20-8-4-2-5-9-20)18-26-16-21-10-6-3-7-11-21/h2-12H,13-18H2,1H3. The fourth-order valence-electron chi connectivity index (χ4n) is 3.57. The molecule has 26 heavy (non-hydrogen) atoms. The van der Waals surface area contributed by atoms with Crippen LogP contribution in [0.3, 0.4) is 0 Å². The maximum atomic E-state index is 12.2. The van der Waals surface area contributed by atoms with E-state index < -0.39 is 0 Å². The van der Waals surface area contributed by atoms with Crippen molar-refractivity contribution in [2.24, 2.45) is 5.41 Å². The molecule has 0 aromatic heterocycles. The first-order valence-electron chi connectivity index (χ1n) is 9.09. The van der Waals surface area contributed by atoms with Crippen LogP contribution in [0.4, 0.5) is 0 Å². The minimum Gasteiger partial charge on any atom is -0.376 e. The smallest absolute Gasteiger partial charge is 0.156 e. The topological polar surface area (TPSA) is 35.5 Å². The zero-order valence-electron chi connectivity index (χ0n) is 15.3. The molecule has 0 amide bonds. The summed E-state index contributed by atoms with van der Waals surface area (Å²) in [7, 11) is 0. The predicted octanol–water partition coefficient (Wildman–Crippen LogP) is 4.72. The zero-order chi connectivity index (χ0) is 18.2. The molecule has 0 spiro atoms. The van der Waals surface area contributed by atoms with E-state index in [2.05, 4.69) is 24.3 Å². The van der Waals surface area contributed by atoms with Gasteiger partial charge in [0.25, 0.3) is 0 Å². The highest BCUT2D eigenvalue weighted by molar-refractivity contribution is 5.91. The van der Waals surface area contributed by atoms with Crippen molar-refractivity contribution in [3.8, 4) is 0 Å². The molecule has 0 bridgehead atoms. The number of hydrogen-bond acceptors (Lipinski definition) is 3. The molecule has 0 heterocycles. The molecule has 0 aliphatic heterocycles. The van der Waals surface area contributed by atoms with E-state index in [4.69, 9.17) is 9.47 Å². The van der Waals surface area contributed by atoms with Crippen LogP contribution in [0.15, 0.2) is 72.3 Å². The number of ketones is 1. The maximum Gasteiger partial charge on any atom is 0.156 e. The molecule has 1 aliphatic rings. The van der Waals surface area contributed by atoms with E-state index in [1.165, 1.54) is 0 Å². The van der Waals surface area contributed by atoms with Crippen molar-refractivity contribution in [2.45, 2.75) is 33.0 Å². The molecule has 1 aliphatic carbocycles. The van der Waals surface area contributed by atoms with Crippen molar-refractivity contribution in [3.63, 3.8) is 0 Å². The van der Waals surface area contributed by atoms with Gasteiger partial charge in [0.2, 0.25) is 0 Å². The van der Waals surface area contributed by atoms with Crippen molar-refractivity contribution in [2.75, 3.05) is 13.2 Å². The molecule has 3 rings (SSSR count). The quantitative estimate of drug-likeness (QED) is 0.691. The van der Waals surface area contributed by atoms with Crippen LogP contribution in [0.25, 0.3) is 0 Å². The van der Waals surface area contributed by atoms with Gasteiger partial charge in [-0.1, -0.05) is 66.2 Å². The summed E-state index contributed by atoms with van der Waals surface area (Å²) < 4.78 is 12.0. The van der Waals surface area contributed by atoms with E-state index in [0.29, 0.717) is 32.8 Å². The van der Waals surface area contributed by atoms with Crippen molar-refractivity contribution in [3.05, 3.63) is 83.4 Å². The molecule has 0 N–H and O–H groups in total. The summed E-state index contributed by atoms with van der Waals surface area (Å²) in [6.07, 6.45) is 3.07. The highest BCUT2D eigenvalue weighted by Crippen LogP contribution is 2.36. The Balaban J connectivity index is 1.60. The van der Waals surface area contributed by atoms with Gasteiger partial charge in [-0.25, -0.2) is 0 Å². The van der Waals surface area contributed by atoms with Gasteiger partial charge in [0.1, 0.15) is 0 Å². The van der Waals surface area contributed by atoms with Crippen LogP contribution in [0.2, 0.25) is 0 Å². The molecular weight excluding hydrogens is 324 g/mol. The van der Waals surface area contributed by atoms with E-state index in [1.54, 1.807) is 6.08 Å². The molecule has 3 nitrogen and oxygen atoms in total. The van der Waals surface area contributed by atoms with Crippen LogP contribution in [-0.4, -0.2) is 19.0 Å². The van der Waals surface area contributed by atoms with Gasteiger partial charge in [-0.15, -0.1) is 0 Å². The number of carbonyl (C=O) groups is 1. The Hall–Kier alpha value is -2.23. The summed E-state index contributed by atoms with van der Waals surface area (Å²) in [6.45, 7) is 4.16. The summed E-state index contributed by atoms with van der Waals surface area (Å²) in [5.74, 6) is 0.167. The van der Waals surface area contributed by atoms with Crippen LogP contribution in [0.1, 0.15) is 30.9 Å². The Kier molecular flexibility index (Phi) is 6.37. The minimum atomic E-state index is -0.278. The highest BCUT2D eigenvalue weighted by atomic mass is 16.5. The molecule has 0 radical (unpaired) electrons. The normalized spacial score (nSPS) is 16.3. The van der Waals surface area contributed by atoms with Gasteiger partial charge in [0, 0.05) is 11.8 Å². The highest BCUT2D eigenvalue weighted by Gasteiger charge is 2.36. The number of rotatable bonds is 8. The SMILES string of the molecule is CC1=CC(=O)CC(COCc2ccccc2)(COCc2ccccc2)C1. The Bertz CT molecular complexity index is 689. The lowest BCUT2D eigenvalue weighted by Gasteiger charge is -2.35. The zero-order valence-corrected chi connectivity index (χ0v) is 15.3. The molecule has 2 aromatic rings. The second-order valence-corrected chi connectivity index (χ2v) is 7.27. The van der Waals surface area contributed by atoms with Crippen LogP contribution in [0.5, 0.6) is 0 Å². The molecule has 0 unspecified atom stereocenters. The van der Waals surface area contributed by atoms with Crippen molar-refractivity contribution in [1.29, 1.82) is 0 Å². The van der Waals surface area contributed by atoms with Gasteiger partial charge in [0.15, 0.2) is 5.78 Å². The first-order chi connectivity index (χ1) is 12.7. The Labute approximate surface area is 155 Å². The average Bonchev–Trinajstić information content (AvgIpc) is 2.63. The van der Waals surface area contributed by atoms with Gasteiger partial charge in [-0.3, -0.25) is 4.79 Å². The minimum absolute atomic E-state index is 0.167. The summed E-state index contributed by atoms with van der Waals surface area (Å²) in [5.41, 5.74) is 3.11. The van der Waals surface area contributed by atoms with E-state index in [1.807, 2.05) is 43.3 Å². The molecule has 3 heteroatoms. The molecule has 136 valence electrons. The third kappa shape index (κ3) is 5.38. The molecule has 0 atom stereocenters. The predicted molar refractivity (Wildman–Crippen MR) is 103 cm³/mol. The second kappa shape index (κ2) is 8.93. The number of hydrogen-bond donors (Lipinski definition) is 0. The van der Waals surface area contributed by atoms with Crippen LogP contribution in [0, 0.1) is 5.41 Å². The largest absolute Gasteiger partial charge is 0.376 e. The molecular formula is C23H26O3. The van der Waals surface area contributed by atoms with Gasteiger partial charge >= 0.3 is 0 Å². The maximum absolute atomic E-state index is 12.2. The first-order valence-corrected chi connectivity index (χ1v) is 9.09. The number of ether oxygens (including phenoxy) is 2. The number of carbonyl (C=O) groups excluding carboxylic acids is 1. The lowest BCUT2D eigenvalue weighted by Crippen LogP contribution is -2.37. The lowest BCUT2D eigenvalue weighted by molar-refractivity contribution is -0.121. The number of benzene rings is 2. The fourth-order valence-corrected chi connectivity index (χ4v) is 3.57. The van der Waals surface area contributed by atoms with Crippen LogP contribution < -0.4 is 0 Å². The molecule has 0 fully saturated rings. The lowest BCUT2D eigenvalue weighted by atomic mass is 9.75. The third-order valence-corrected chi connectivity index (χ3v) is 4.65. The average molecular weight is 350 g/mol. The van der Waals surface area contributed by atoms with Gasteiger partial charge in [-0.2, -0.15) is 0 Å². The molecule has 0 saturated heterocycles. The van der Waals surface area contributed by atoms with Crippen LogP contribution >= 0.6 is 0 Å². The number of allylic oxidation sites excluding steroid dienone is 2. The Morgan fingerprint density at radius 2 is 1.31 bits per heavy atom. The fraction of sp³-hybridized carbons (Fsp3) is 0.348. The van der Waals surface area contributed by atoms with E-state index >= 15 is 0 Å². The first kappa shape index (κ1) is 18.6. The Morgan fingerprint density at radius 3 is 1.77 bits per heavy atom. The monoisotopic (exact) mass is 350 g/mol. The Morgan fingerprint density at radius 1 is 0.808 bits per heavy atom. The van der Waals surface area contributed by atoms with Crippen LogP contribution in [-0.2, 0) is 27.5 Å². The molecule has 0 saturated carbocycles. The van der Waals surface area contributed by atoms with E-state index in [9.17, 15) is 4.79 Å². The summed E-state index contributed by atoms with van der Waals surface area (Å²) in [6, 6.07) is 20.2. The third-order valence-electron chi connectivity index (χ3n) is 4.65. The van der Waals surface area contributed by atoms with Crippen molar-refractivity contribution >= 4 is 5.78 Å². The van der Waals surface area contributed by atoms with Gasteiger partial charge in [-0.05, 0) is 30.5 Å².